The Balaban J connectivity index is 1.60. The number of benzene rings is 1. The molecule has 148 valence electrons. The molecule has 0 N–H and O–H groups in total. The fraction of sp³-hybridized carbons (Fsp3) is 0.619. The SMILES string of the molecule is CCOc1cc(/C=N/N2CCCCC2)ccc1OCC(=O)N1CCCCC1. The Kier molecular flexibility index (Phi) is 7.36. The number of hydrogen-bond donors (Lipinski definition) is 0. The third-order valence-electron chi connectivity index (χ3n) is 5.03. The molecule has 27 heavy (non-hydrogen) atoms. The summed E-state index contributed by atoms with van der Waals surface area (Å²) in [4.78, 5) is 14.2. The summed E-state index contributed by atoms with van der Waals surface area (Å²) in [5.41, 5.74) is 0.971. The normalized spacial score (nSPS) is 18.0. The predicted octanol–water partition coefficient (Wildman–Crippen LogP) is 3.30. The van der Waals surface area contributed by atoms with E-state index in [9.17, 15) is 4.79 Å². The molecule has 2 saturated heterocycles. The largest absolute Gasteiger partial charge is 0.490 e. The lowest BCUT2D eigenvalue weighted by Gasteiger charge is -2.26. The third-order valence-corrected chi connectivity index (χ3v) is 5.03. The lowest BCUT2D eigenvalue weighted by atomic mass is 10.1. The number of rotatable bonds is 7. The van der Waals surface area contributed by atoms with E-state index in [4.69, 9.17) is 9.47 Å². The lowest BCUT2D eigenvalue weighted by Crippen LogP contribution is -2.38. The zero-order valence-electron chi connectivity index (χ0n) is 16.4. The average Bonchev–Trinajstić information content (AvgIpc) is 2.73. The maximum Gasteiger partial charge on any atom is 0.260 e. The van der Waals surface area contributed by atoms with E-state index in [1.54, 1.807) is 0 Å². The van der Waals surface area contributed by atoms with Crippen molar-refractivity contribution in [2.24, 2.45) is 5.10 Å². The first-order valence-corrected chi connectivity index (χ1v) is 10.2. The van der Waals surface area contributed by atoms with Gasteiger partial charge in [-0.05, 0) is 69.2 Å². The van der Waals surface area contributed by atoms with Gasteiger partial charge in [-0.2, -0.15) is 5.10 Å². The van der Waals surface area contributed by atoms with Gasteiger partial charge >= 0.3 is 0 Å². The van der Waals surface area contributed by atoms with Crippen LogP contribution in [0.4, 0.5) is 0 Å². The van der Waals surface area contributed by atoms with Gasteiger partial charge in [0.25, 0.3) is 5.91 Å². The molecule has 2 aliphatic heterocycles. The second kappa shape index (κ2) is 10.2. The summed E-state index contributed by atoms with van der Waals surface area (Å²) < 4.78 is 11.5. The maximum atomic E-state index is 12.3. The number of hydrazone groups is 1. The molecule has 0 radical (unpaired) electrons. The molecule has 2 heterocycles. The molecule has 0 spiro atoms. The van der Waals surface area contributed by atoms with Gasteiger partial charge in [0.1, 0.15) is 0 Å². The Morgan fingerprint density at radius 3 is 2.41 bits per heavy atom. The van der Waals surface area contributed by atoms with Crippen molar-refractivity contribution < 1.29 is 14.3 Å². The molecule has 1 aromatic carbocycles. The number of nitrogens with zero attached hydrogens (tertiary/aromatic N) is 3. The summed E-state index contributed by atoms with van der Waals surface area (Å²) in [6.45, 7) is 6.27. The van der Waals surface area contributed by atoms with Crippen molar-refractivity contribution in [2.75, 3.05) is 39.4 Å². The van der Waals surface area contributed by atoms with Crippen LogP contribution in [0.5, 0.6) is 11.5 Å². The highest BCUT2D eigenvalue weighted by Gasteiger charge is 2.17. The van der Waals surface area contributed by atoms with Gasteiger partial charge < -0.3 is 14.4 Å². The molecule has 6 heteroatoms. The van der Waals surface area contributed by atoms with Gasteiger partial charge in [-0.3, -0.25) is 9.80 Å². The van der Waals surface area contributed by atoms with Crippen LogP contribution >= 0.6 is 0 Å². The van der Waals surface area contributed by atoms with Crippen molar-refractivity contribution in [3.8, 4) is 11.5 Å². The maximum absolute atomic E-state index is 12.3. The van der Waals surface area contributed by atoms with E-state index in [0.29, 0.717) is 18.1 Å². The number of hydrogen-bond acceptors (Lipinski definition) is 5. The lowest BCUT2D eigenvalue weighted by molar-refractivity contribution is -0.134. The van der Waals surface area contributed by atoms with Crippen molar-refractivity contribution in [1.82, 2.24) is 9.91 Å². The Labute approximate surface area is 162 Å². The number of piperidine rings is 2. The second-order valence-corrected chi connectivity index (χ2v) is 7.13. The number of ether oxygens (including phenoxy) is 2. The van der Waals surface area contributed by atoms with Crippen molar-refractivity contribution in [1.29, 1.82) is 0 Å². The average molecular weight is 373 g/mol. The Bertz CT molecular complexity index is 636. The van der Waals surface area contributed by atoms with E-state index in [1.807, 2.05) is 36.2 Å². The highest BCUT2D eigenvalue weighted by Crippen LogP contribution is 2.28. The molecule has 1 amide bonds. The second-order valence-electron chi connectivity index (χ2n) is 7.13. The minimum Gasteiger partial charge on any atom is -0.490 e. The third kappa shape index (κ3) is 5.88. The molecular weight excluding hydrogens is 342 g/mol. The van der Waals surface area contributed by atoms with Crippen LogP contribution in [0.15, 0.2) is 23.3 Å². The van der Waals surface area contributed by atoms with Crippen LogP contribution in [-0.4, -0.2) is 61.4 Å². The molecule has 6 nitrogen and oxygen atoms in total. The summed E-state index contributed by atoms with van der Waals surface area (Å²) in [5.74, 6) is 1.32. The number of carbonyl (C=O) groups is 1. The van der Waals surface area contributed by atoms with Crippen LogP contribution in [0.25, 0.3) is 0 Å². The summed E-state index contributed by atoms with van der Waals surface area (Å²) >= 11 is 0. The predicted molar refractivity (Wildman–Crippen MR) is 107 cm³/mol. The van der Waals surface area contributed by atoms with E-state index in [0.717, 1.165) is 44.6 Å². The minimum absolute atomic E-state index is 0.0490. The van der Waals surface area contributed by atoms with E-state index in [2.05, 4.69) is 10.1 Å². The standard InChI is InChI=1S/C21H31N3O3/c1-2-26-20-15-18(16-22-24-13-7-4-8-14-24)9-10-19(20)27-17-21(25)23-11-5-3-6-12-23/h9-10,15-16H,2-8,11-14,17H2,1H3/b22-16+. The van der Waals surface area contributed by atoms with Gasteiger partial charge in [-0.25, -0.2) is 0 Å². The molecule has 0 atom stereocenters. The van der Waals surface area contributed by atoms with E-state index < -0.39 is 0 Å². The van der Waals surface area contributed by atoms with Crippen molar-refractivity contribution in [3.05, 3.63) is 23.8 Å². The van der Waals surface area contributed by atoms with E-state index >= 15 is 0 Å². The van der Waals surface area contributed by atoms with Gasteiger partial charge in [0.05, 0.1) is 12.8 Å². The van der Waals surface area contributed by atoms with E-state index in [-0.39, 0.29) is 12.5 Å². The van der Waals surface area contributed by atoms with Crippen LogP contribution < -0.4 is 9.47 Å². The Morgan fingerprint density at radius 1 is 1.00 bits per heavy atom. The van der Waals surface area contributed by atoms with Crippen LogP contribution in [-0.2, 0) is 4.79 Å². The first kappa shape index (κ1) is 19.5. The first-order valence-electron chi connectivity index (χ1n) is 10.2. The van der Waals surface area contributed by atoms with Crippen molar-refractivity contribution in [2.45, 2.75) is 45.4 Å². The van der Waals surface area contributed by atoms with Crippen molar-refractivity contribution in [3.63, 3.8) is 0 Å². The number of likely N-dealkylation sites (tertiary alicyclic amines) is 1. The zero-order chi connectivity index (χ0) is 18.9. The van der Waals surface area contributed by atoms with Crippen molar-refractivity contribution >= 4 is 12.1 Å². The molecule has 1 aromatic rings. The summed E-state index contributed by atoms with van der Waals surface area (Å²) in [6, 6.07) is 5.75. The summed E-state index contributed by atoms with van der Waals surface area (Å²) in [5, 5.41) is 6.69. The van der Waals surface area contributed by atoms with E-state index in [1.165, 1.54) is 25.7 Å². The molecule has 2 aliphatic rings. The highest BCUT2D eigenvalue weighted by atomic mass is 16.5. The smallest absolute Gasteiger partial charge is 0.260 e. The molecule has 0 aromatic heterocycles. The van der Waals surface area contributed by atoms with Crippen LogP contribution in [0, 0.1) is 0 Å². The molecule has 0 aliphatic carbocycles. The monoisotopic (exact) mass is 373 g/mol. The topological polar surface area (TPSA) is 54.4 Å². The quantitative estimate of drug-likeness (QED) is 0.688. The molecular formula is C21H31N3O3. The van der Waals surface area contributed by atoms with Gasteiger partial charge in [-0.15, -0.1) is 0 Å². The van der Waals surface area contributed by atoms with Crippen LogP contribution in [0.3, 0.4) is 0 Å². The van der Waals surface area contributed by atoms with Crippen LogP contribution in [0.2, 0.25) is 0 Å². The van der Waals surface area contributed by atoms with Gasteiger partial charge in [-0.1, -0.05) is 0 Å². The minimum atomic E-state index is 0.0490. The van der Waals surface area contributed by atoms with Gasteiger partial charge in [0.15, 0.2) is 18.1 Å². The molecule has 0 unspecified atom stereocenters. The zero-order valence-corrected chi connectivity index (χ0v) is 16.4. The van der Waals surface area contributed by atoms with Gasteiger partial charge in [0.2, 0.25) is 0 Å². The highest BCUT2D eigenvalue weighted by molar-refractivity contribution is 5.81. The first-order chi connectivity index (χ1) is 13.3. The molecule has 3 rings (SSSR count). The number of carbonyl (C=O) groups excluding carboxylic acids is 1. The molecule has 2 fully saturated rings. The Hall–Kier alpha value is -2.24. The number of amides is 1. The Morgan fingerprint density at radius 2 is 1.70 bits per heavy atom. The van der Waals surface area contributed by atoms with Gasteiger partial charge in [0, 0.05) is 26.2 Å². The summed E-state index contributed by atoms with van der Waals surface area (Å²) in [7, 11) is 0. The molecule has 0 saturated carbocycles. The molecule has 0 bridgehead atoms. The summed E-state index contributed by atoms with van der Waals surface area (Å²) in [6.07, 6.45) is 8.96. The van der Waals surface area contributed by atoms with Crippen LogP contribution in [0.1, 0.15) is 51.0 Å². The fourth-order valence-corrected chi connectivity index (χ4v) is 3.51. The fourth-order valence-electron chi connectivity index (χ4n) is 3.51.